The molecule has 1 rings (SSSR count). The van der Waals surface area contributed by atoms with Crippen molar-refractivity contribution in [3.63, 3.8) is 0 Å². The Balaban J connectivity index is 2.07. The molecule has 0 aliphatic heterocycles. The molecule has 0 fully saturated rings. The summed E-state index contributed by atoms with van der Waals surface area (Å²) in [5.41, 5.74) is 1.12. The van der Waals surface area contributed by atoms with E-state index in [0.29, 0.717) is 39.0 Å². The first-order valence-electron chi connectivity index (χ1n) is 7.23. The SMILES string of the molecule is CCOC(=O)CCCNC(=O)CCOc1cccc(C)c1. The lowest BCUT2D eigenvalue weighted by Gasteiger charge is -2.07. The highest BCUT2D eigenvalue weighted by atomic mass is 16.5. The van der Waals surface area contributed by atoms with Crippen molar-refractivity contribution in [1.29, 1.82) is 0 Å². The highest BCUT2D eigenvalue weighted by Gasteiger charge is 2.04. The van der Waals surface area contributed by atoms with E-state index in [1.54, 1.807) is 6.92 Å². The zero-order valence-corrected chi connectivity index (χ0v) is 12.7. The fraction of sp³-hybridized carbons (Fsp3) is 0.500. The van der Waals surface area contributed by atoms with Crippen molar-refractivity contribution in [1.82, 2.24) is 5.32 Å². The van der Waals surface area contributed by atoms with Crippen molar-refractivity contribution in [2.45, 2.75) is 33.1 Å². The molecule has 1 aromatic carbocycles. The van der Waals surface area contributed by atoms with Crippen molar-refractivity contribution in [2.24, 2.45) is 0 Å². The van der Waals surface area contributed by atoms with E-state index in [1.807, 2.05) is 31.2 Å². The number of ether oxygens (including phenoxy) is 2. The summed E-state index contributed by atoms with van der Waals surface area (Å²) in [5, 5.41) is 2.75. The molecule has 1 amide bonds. The fourth-order valence-electron chi connectivity index (χ4n) is 1.75. The van der Waals surface area contributed by atoms with Crippen LogP contribution in [0.15, 0.2) is 24.3 Å². The third kappa shape index (κ3) is 7.97. The summed E-state index contributed by atoms with van der Waals surface area (Å²) >= 11 is 0. The van der Waals surface area contributed by atoms with Crippen molar-refractivity contribution < 1.29 is 19.1 Å². The minimum Gasteiger partial charge on any atom is -0.493 e. The predicted molar refractivity (Wildman–Crippen MR) is 80.2 cm³/mol. The van der Waals surface area contributed by atoms with Crippen LogP contribution in [0.3, 0.4) is 0 Å². The zero-order valence-electron chi connectivity index (χ0n) is 12.7. The van der Waals surface area contributed by atoms with E-state index in [-0.39, 0.29) is 11.9 Å². The van der Waals surface area contributed by atoms with Gasteiger partial charge in [0.1, 0.15) is 5.75 Å². The van der Waals surface area contributed by atoms with E-state index >= 15 is 0 Å². The van der Waals surface area contributed by atoms with E-state index in [4.69, 9.17) is 9.47 Å². The molecule has 0 aromatic heterocycles. The molecule has 1 N–H and O–H groups in total. The second-order valence-electron chi connectivity index (χ2n) is 4.67. The largest absolute Gasteiger partial charge is 0.493 e. The number of hydrogen-bond donors (Lipinski definition) is 1. The molecule has 0 aliphatic carbocycles. The highest BCUT2D eigenvalue weighted by Crippen LogP contribution is 2.12. The summed E-state index contributed by atoms with van der Waals surface area (Å²) in [4.78, 5) is 22.7. The van der Waals surface area contributed by atoms with E-state index in [2.05, 4.69) is 5.32 Å². The van der Waals surface area contributed by atoms with Gasteiger partial charge in [0.2, 0.25) is 5.91 Å². The fourth-order valence-corrected chi connectivity index (χ4v) is 1.75. The zero-order chi connectivity index (χ0) is 15.5. The maximum absolute atomic E-state index is 11.6. The average molecular weight is 293 g/mol. The first kappa shape index (κ1) is 17.0. The number of carbonyl (C=O) groups is 2. The van der Waals surface area contributed by atoms with Gasteiger partial charge in [-0.1, -0.05) is 12.1 Å². The van der Waals surface area contributed by atoms with Crippen LogP contribution >= 0.6 is 0 Å². The molecule has 0 aliphatic rings. The van der Waals surface area contributed by atoms with Gasteiger partial charge < -0.3 is 14.8 Å². The summed E-state index contributed by atoms with van der Waals surface area (Å²) in [6, 6.07) is 7.70. The molecule has 0 unspecified atom stereocenters. The van der Waals surface area contributed by atoms with Crippen molar-refractivity contribution in [3.8, 4) is 5.75 Å². The number of amides is 1. The van der Waals surface area contributed by atoms with E-state index in [9.17, 15) is 9.59 Å². The molecular weight excluding hydrogens is 270 g/mol. The van der Waals surface area contributed by atoms with Crippen LogP contribution in [0.1, 0.15) is 31.7 Å². The lowest BCUT2D eigenvalue weighted by molar-refractivity contribution is -0.143. The molecule has 0 bridgehead atoms. The molecule has 0 radical (unpaired) electrons. The van der Waals surface area contributed by atoms with Gasteiger partial charge in [0.25, 0.3) is 0 Å². The predicted octanol–water partition coefficient (Wildman–Crippen LogP) is 2.22. The Morgan fingerprint density at radius 2 is 2.05 bits per heavy atom. The first-order chi connectivity index (χ1) is 10.1. The molecule has 116 valence electrons. The van der Waals surface area contributed by atoms with Gasteiger partial charge in [-0.2, -0.15) is 0 Å². The maximum Gasteiger partial charge on any atom is 0.305 e. The normalized spacial score (nSPS) is 10.0. The minimum atomic E-state index is -0.227. The first-order valence-corrected chi connectivity index (χ1v) is 7.23. The van der Waals surface area contributed by atoms with Gasteiger partial charge in [0, 0.05) is 13.0 Å². The summed E-state index contributed by atoms with van der Waals surface area (Å²) in [6.45, 7) is 4.97. The number of rotatable bonds is 9. The van der Waals surface area contributed by atoms with Crippen LogP contribution in [0.25, 0.3) is 0 Å². The lowest BCUT2D eigenvalue weighted by Crippen LogP contribution is -2.26. The van der Waals surface area contributed by atoms with Gasteiger partial charge >= 0.3 is 5.97 Å². The topological polar surface area (TPSA) is 64.6 Å². The lowest BCUT2D eigenvalue weighted by atomic mass is 10.2. The van der Waals surface area contributed by atoms with Crippen molar-refractivity contribution in [3.05, 3.63) is 29.8 Å². The molecule has 0 saturated heterocycles. The average Bonchev–Trinajstić information content (AvgIpc) is 2.44. The van der Waals surface area contributed by atoms with E-state index in [1.165, 1.54) is 0 Å². The van der Waals surface area contributed by atoms with E-state index in [0.717, 1.165) is 11.3 Å². The van der Waals surface area contributed by atoms with Crippen molar-refractivity contribution >= 4 is 11.9 Å². The number of esters is 1. The molecule has 0 spiro atoms. The monoisotopic (exact) mass is 293 g/mol. The molecule has 5 heteroatoms. The third-order valence-electron chi connectivity index (χ3n) is 2.77. The molecule has 1 aromatic rings. The van der Waals surface area contributed by atoms with Crippen LogP contribution in [0.2, 0.25) is 0 Å². The quantitative estimate of drug-likeness (QED) is 0.560. The number of nitrogens with one attached hydrogen (secondary N) is 1. The Morgan fingerprint density at radius 3 is 2.76 bits per heavy atom. The number of benzene rings is 1. The second kappa shape index (κ2) is 9.80. The summed E-state index contributed by atoms with van der Waals surface area (Å²) in [5.74, 6) is 0.464. The second-order valence-corrected chi connectivity index (χ2v) is 4.67. The van der Waals surface area contributed by atoms with Crippen molar-refractivity contribution in [2.75, 3.05) is 19.8 Å². The Bertz CT molecular complexity index is 459. The Morgan fingerprint density at radius 1 is 1.24 bits per heavy atom. The highest BCUT2D eigenvalue weighted by molar-refractivity contribution is 5.76. The molecule has 21 heavy (non-hydrogen) atoms. The van der Waals surface area contributed by atoms with Crippen LogP contribution in [0.4, 0.5) is 0 Å². The molecular formula is C16H23NO4. The van der Waals surface area contributed by atoms with Gasteiger partial charge in [-0.3, -0.25) is 9.59 Å². The maximum atomic E-state index is 11.6. The van der Waals surface area contributed by atoms with Crippen LogP contribution < -0.4 is 10.1 Å². The molecule has 0 heterocycles. The van der Waals surface area contributed by atoms with Gasteiger partial charge in [0.05, 0.1) is 19.6 Å². The molecule has 0 saturated carbocycles. The summed E-state index contributed by atoms with van der Waals surface area (Å²) < 4.78 is 10.3. The van der Waals surface area contributed by atoms with Gasteiger partial charge in [-0.25, -0.2) is 0 Å². The van der Waals surface area contributed by atoms with Crippen LogP contribution in [0.5, 0.6) is 5.75 Å². The third-order valence-corrected chi connectivity index (χ3v) is 2.77. The van der Waals surface area contributed by atoms with Crippen LogP contribution in [-0.2, 0) is 14.3 Å². The van der Waals surface area contributed by atoms with Gasteiger partial charge in [-0.05, 0) is 38.0 Å². The number of carbonyl (C=O) groups excluding carboxylic acids is 2. The molecule has 0 atom stereocenters. The summed E-state index contributed by atoms with van der Waals surface area (Å²) in [6.07, 6.45) is 1.21. The minimum absolute atomic E-state index is 0.0773. The van der Waals surface area contributed by atoms with Gasteiger partial charge in [-0.15, -0.1) is 0 Å². The summed E-state index contributed by atoms with van der Waals surface area (Å²) in [7, 11) is 0. The molecule has 5 nitrogen and oxygen atoms in total. The number of hydrogen-bond acceptors (Lipinski definition) is 4. The van der Waals surface area contributed by atoms with Crippen LogP contribution in [0, 0.1) is 6.92 Å². The standard InChI is InChI=1S/C16H23NO4/c1-3-20-16(19)8-5-10-17-15(18)9-11-21-14-7-4-6-13(2)12-14/h4,6-7,12H,3,5,8-11H2,1-2H3,(H,17,18). The Labute approximate surface area is 125 Å². The van der Waals surface area contributed by atoms with Gasteiger partial charge in [0.15, 0.2) is 0 Å². The van der Waals surface area contributed by atoms with E-state index < -0.39 is 0 Å². The van der Waals surface area contributed by atoms with Crippen LogP contribution in [-0.4, -0.2) is 31.6 Å². The Hall–Kier alpha value is -2.04. The smallest absolute Gasteiger partial charge is 0.305 e. The Kier molecular flexibility index (Phi) is 7.94. The number of aryl methyl sites for hydroxylation is 1.